The van der Waals surface area contributed by atoms with E-state index in [9.17, 15) is 9.59 Å². The molecule has 0 aliphatic heterocycles. The molecule has 136 valence electrons. The highest BCUT2D eigenvalue weighted by atomic mass is 35.5. The number of carbonyl (C=O) groups excluding carboxylic acids is 1. The number of amides is 1. The molecule has 8 heteroatoms. The van der Waals surface area contributed by atoms with Crippen molar-refractivity contribution in [3.63, 3.8) is 0 Å². The van der Waals surface area contributed by atoms with Crippen molar-refractivity contribution in [1.82, 2.24) is 15.3 Å². The highest BCUT2D eigenvalue weighted by Crippen LogP contribution is 2.20. The maximum absolute atomic E-state index is 12.6. The summed E-state index contributed by atoms with van der Waals surface area (Å²) in [6.45, 7) is 0.433. The number of halogens is 2. The molecule has 3 aromatic rings. The van der Waals surface area contributed by atoms with Crippen LogP contribution in [0.3, 0.4) is 0 Å². The zero-order valence-corrected chi connectivity index (χ0v) is 15.3. The highest BCUT2D eigenvalue weighted by molar-refractivity contribution is 6.30. The van der Waals surface area contributed by atoms with E-state index in [4.69, 9.17) is 17.3 Å². The summed E-state index contributed by atoms with van der Waals surface area (Å²) in [5, 5.41) is 4.05. The average molecular weight is 393 g/mol. The largest absolute Gasteiger partial charge is 0.345 e. The number of rotatable bonds is 5. The van der Waals surface area contributed by atoms with Gasteiger partial charge in [-0.1, -0.05) is 23.7 Å². The summed E-state index contributed by atoms with van der Waals surface area (Å²) in [4.78, 5) is 30.9. The van der Waals surface area contributed by atoms with Crippen LogP contribution in [0, 0.1) is 0 Å². The molecule has 3 rings (SSSR count). The van der Waals surface area contributed by atoms with Gasteiger partial charge in [-0.3, -0.25) is 9.59 Å². The quantitative estimate of drug-likeness (QED) is 0.621. The molecule has 0 aliphatic carbocycles. The van der Waals surface area contributed by atoms with Crippen LogP contribution < -0.4 is 16.6 Å². The van der Waals surface area contributed by atoms with Gasteiger partial charge in [0, 0.05) is 10.6 Å². The van der Waals surface area contributed by atoms with Crippen molar-refractivity contribution in [3.05, 3.63) is 75.3 Å². The molecule has 1 heterocycles. The maximum Gasteiger partial charge on any atom is 0.258 e. The van der Waals surface area contributed by atoms with E-state index in [-0.39, 0.29) is 29.9 Å². The lowest BCUT2D eigenvalue weighted by Gasteiger charge is -2.19. The van der Waals surface area contributed by atoms with E-state index in [1.165, 1.54) is 6.33 Å². The Kier molecular flexibility index (Phi) is 6.74. The summed E-state index contributed by atoms with van der Waals surface area (Å²) in [7, 11) is 0. The van der Waals surface area contributed by atoms with Gasteiger partial charge in [0.2, 0.25) is 0 Å². The molecule has 1 unspecified atom stereocenters. The number of aromatic nitrogens is 2. The summed E-state index contributed by atoms with van der Waals surface area (Å²) < 4.78 is 0. The zero-order chi connectivity index (χ0) is 17.8. The van der Waals surface area contributed by atoms with E-state index in [1.807, 2.05) is 12.1 Å². The lowest BCUT2D eigenvalue weighted by Crippen LogP contribution is -2.30. The van der Waals surface area contributed by atoms with Gasteiger partial charge in [-0.15, -0.1) is 12.4 Å². The number of benzene rings is 2. The molecule has 0 aliphatic rings. The molecule has 1 atom stereocenters. The van der Waals surface area contributed by atoms with Gasteiger partial charge in [0.05, 0.1) is 23.3 Å². The fourth-order valence-electron chi connectivity index (χ4n) is 2.64. The normalized spacial score (nSPS) is 11.6. The Bertz CT molecular complexity index is 957. The van der Waals surface area contributed by atoms with Crippen LogP contribution in [0.25, 0.3) is 10.9 Å². The smallest absolute Gasteiger partial charge is 0.258 e. The topological polar surface area (TPSA) is 101 Å². The summed E-state index contributed by atoms with van der Waals surface area (Å²) in [6.07, 6.45) is 1.91. The van der Waals surface area contributed by atoms with E-state index >= 15 is 0 Å². The summed E-state index contributed by atoms with van der Waals surface area (Å²) in [5.41, 5.74) is 7.27. The molecule has 1 amide bonds. The fraction of sp³-hybridized carbons (Fsp3) is 0.167. The SMILES string of the molecule is Cl.NCCC(NC(=O)c1ccc2c(=O)[nH]cnc2c1)c1ccc(Cl)cc1. The van der Waals surface area contributed by atoms with Gasteiger partial charge in [-0.05, 0) is 48.9 Å². The van der Waals surface area contributed by atoms with Crippen LogP contribution in [-0.2, 0) is 0 Å². The Morgan fingerprint density at radius 2 is 1.96 bits per heavy atom. The van der Waals surface area contributed by atoms with Crippen LogP contribution in [0.15, 0.2) is 53.6 Å². The number of carbonyl (C=O) groups is 1. The maximum atomic E-state index is 12.6. The molecule has 0 saturated heterocycles. The predicted molar refractivity (Wildman–Crippen MR) is 105 cm³/mol. The highest BCUT2D eigenvalue weighted by Gasteiger charge is 2.16. The fourth-order valence-corrected chi connectivity index (χ4v) is 2.76. The summed E-state index contributed by atoms with van der Waals surface area (Å²) >= 11 is 5.92. The lowest BCUT2D eigenvalue weighted by molar-refractivity contribution is 0.0935. The van der Waals surface area contributed by atoms with Gasteiger partial charge in [-0.2, -0.15) is 0 Å². The third-order valence-electron chi connectivity index (χ3n) is 3.94. The summed E-state index contributed by atoms with van der Waals surface area (Å²) in [6, 6.07) is 11.9. The first kappa shape index (κ1) is 19.9. The van der Waals surface area contributed by atoms with E-state index in [0.717, 1.165) is 5.56 Å². The van der Waals surface area contributed by atoms with Gasteiger partial charge in [0.1, 0.15) is 0 Å². The minimum Gasteiger partial charge on any atom is -0.345 e. The zero-order valence-electron chi connectivity index (χ0n) is 13.7. The third kappa shape index (κ3) is 4.40. The van der Waals surface area contributed by atoms with Crippen molar-refractivity contribution in [2.75, 3.05) is 6.54 Å². The second-order valence-electron chi connectivity index (χ2n) is 5.62. The van der Waals surface area contributed by atoms with Gasteiger partial charge >= 0.3 is 0 Å². The van der Waals surface area contributed by atoms with Gasteiger partial charge in [-0.25, -0.2) is 4.98 Å². The number of fused-ring (bicyclic) bond motifs is 1. The summed E-state index contributed by atoms with van der Waals surface area (Å²) in [5.74, 6) is -0.252. The second kappa shape index (κ2) is 8.80. The van der Waals surface area contributed by atoms with Gasteiger partial charge in [0.25, 0.3) is 11.5 Å². The van der Waals surface area contributed by atoms with Crippen LogP contribution >= 0.6 is 24.0 Å². The second-order valence-corrected chi connectivity index (χ2v) is 6.05. The Morgan fingerprint density at radius 1 is 1.23 bits per heavy atom. The van der Waals surface area contributed by atoms with Gasteiger partial charge < -0.3 is 16.0 Å². The standard InChI is InChI=1S/C18H17ClN4O2.ClH/c19-13-4-1-11(2-5-13)15(7-8-20)23-17(24)12-3-6-14-16(9-12)21-10-22-18(14)25;/h1-6,9-10,15H,7-8,20H2,(H,23,24)(H,21,22,25);1H. The van der Waals surface area contributed by atoms with Crippen molar-refractivity contribution in [2.24, 2.45) is 5.73 Å². The molecular formula is C18H18Cl2N4O2. The third-order valence-corrected chi connectivity index (χ3v) is 4.19. The Morgan fingerprint density at radius 3 is 2.65 bits per heavy atom. The number of nitrogens with zero attached hydrogens (tertiary/aromatic N) is 1. The monoisotopic (exact) mass is 392 g/mol. The van der Waals surface area contributed by atoms with Crippen molar-refractivity contribution < 1.29 is 4.79 Å². The molecule has 1 aromatic heterocycles. The Hall–Kier alpha value is -2.41. The number of nitrogens with two attached hydrogens (primary N) is 1. The molecule has 0 spiro atoms. The van der Waals surface area contributed by atoms with Crippen LogP contribution in [-0.4, -0.2) is 22.4 Å². The number of aromatic amines is 1. The molecule has 0 fully saturated rings. The number of H-pyrrole nitrogens is 1. The minimum absolute atomic E-state index is 0. The molecule has 0 saturated carbocycles. The molecule has 26 heavy (non-hydrogen) atoms. The molecular weight excluding hydrogens is 375 g/mol. The molecule has 6 nitrogen and oxygen atoms in total. The van der Waals surface area contributed by atoms with Crippen LogP contribution in [0.2, 0.25) is 5.02 Å². The molecule has 4 N–H and O–H groups in total. The lowest BCUT2D eigenvalue weighted by atomic mass is 10.0. The first-order valence-corrected chi connectivity index (χ1v) is 8.20. The van der Waals surface area contributed by atoms with Crippen molar-refractivity contribution in [1.29, 1.82) is 0 Å². The molecule has 0 bridgehead atoms. The van der Waals surface area contributed by atoms with E-state index in [0.29, 0.717) is 34.5 Å². The van der Waals surface area contributed by atoms with Crippen LogP contribution in [0.1, 0.15) is 28.4 Å². The van der Waals surface area contributed by atoms with E-state index in [1.54, 1.807) is 30.3 Å². The Labute approximate surface area is 161 Å². The molecule has 0 radical (unpaired) electrons. The number of nitrogens with one attached hydrogen (secondary N) is 2. The average Bonchev–Trinajstić information content (AvgIpc) is 2.62. The van der Waals surface area contributed by atoms with Crippen molar-refractivity contribution in [3.8, 4) is 0 Å². The van der Waals surface area contributed by atoms with Crippen molar-refractivity contribution >= 4 is 40.8 Å². The molecule has 2 aromatic carbocycles. The number of hydrogen-bond donors (Lipinski definition) is 3. The first-order chi connectivity index (χ1) is 12.1. The van der Waals surface area contributed by atoms with Gasteiger partial charge in [0.15, 0.2) is 0 Å². The van der Waals surface area contributed by atoms with Crippen molar-refractivity contribution in [2.45, 2.75) is 12.5 Å². The van der Waals surface area contributed by atoms with Crippen LogP contribution in [0.5, 0.6) is 0 Å². The van der Waals surface area contributed by atoms with Crippen LogP contribution in [0.4, 0.5) is 0 Å². The predicted octanol–water partition coefficient (Wildman–Crippen LogP) is 2.82. The van der Waals surface area contributed by atoms with E-state index < -0.39 is 0 Å². The Balaban J connectivity index is 0.00000243. The first-order valence-electron chi connectivity index (χ1n) is 7.82. The number of hydrogen-bond acceptors (Lipinski definition) is 4. The van der Waals surface area contributed by atoms with E-state index in [2.05, 4.69) is 15.3 Å². The minimum atomic E-state index is -0.252.